The number of rotatable bonds is 1. The average molecular weight is 200 g/mol. The van der Waals surface area contributed by atoms with Crippen LogP contribution in [0.15, 0.2) is 9.78 Å². The van der Waals surface area contributed by atoms with Gasteiger partial charge in [0.05, 0.1) is 0 Å². The van der Waals surface area contributed by atoms with Crippen LogP contribution < -0.4 is 5.23 Å². The molecule has 0 bridgehead atoms. The molecule has 0 spiro atoms. The summed E-state index contributed by atoms with van der Waals surface area (Å²) in [6.45, 7) is 0. The molecular formula is C6H8N4O4. The molecule has 0 aliphatic heterocycles. The van der Waals surface area contributed by atoms with Gasteiger partial charge < -0.3 is 10.4 Å². The first-order valence-corrected chi connectivity index (χ1v) is 4.00. The minimum Gasteiger partial charge on any atom is -0.600 e. The quantitative estimate of drug-likeness (QED) is 0.389. The van der Waals surface area contributed by atoms with Gasteiger partial charge in [0.1, 0.15) is 5.71 Å². The maximum Gasteiger partial charge on any atom is 0.174 e. The van der Waals surface area contributed by atoms with Crippen LogP contribution in [0.4, 0.5) is 0 Å². The van der Waals surface area contributed by atoms with Gasteiger partial charge in [-0.25, -0.2) is 15.1 Å². The minimum atomic E-state index is -0.973. The van der Waals surface area contributed by atoms with E-state index in [1.807, 2.05) is 0 Å². The minimum absolute atomic E-state index is 0.233. The molecule has 2 rings (SSSR count). The summed E-state index contributed by atoms with van der Waals surface area (Å²) in [6.07, 6.45) is 0.699. The summed E-state index contributed by atoms with van der Waals surface area (Å²) in [5, 5.41) is 37.3. The first-order valence-electron chi connectivity index (χ1n) is 4.00. The normalized spacial score (nSPS) is 26.1. The van der Waals surface area contributed by atoms with Gasteiger partial charge in [-0.3, -0.25) is 0 Å². The molecule has 0 saturated heterocycles. The fourth-order valence-corrected chi connectivity index (χ4v) is 1.50. The summed E-state index contributed by atoms with van der Waals surface area (Å²) in [5.74, 6) is 0. The molecule has 1 aliphatic carbocycles. The van der Waals surface area contributed by atoms with E-state index >= 15 is 0 Å². The van der Waals surface area contributed by atoms with Crippen molar-refractivity contribution in [2.24, 2.45) is 5.16 Å². The van der Waals surface area contributed by atoms with E-state index in [-0.39, 0.29) is 11.4 Å². The summed E-state index contributed by atoms with van der Waals surface area (Å²) >= 11 is 0. The fraction of sp³-hybridized carbons (Fsp3) is 0.500. The van der Waals surface area contributed by atoms with Crippen LogP contribution in [0.25, 0.3) is 0 Å². The molecule has 1 aromatic rings. The molecule has 0 aromatic carbocycles. The molecule has 2 unspecified atom stereocenters. The molecule has 0 amide bonds. The molecule has 0 saturated carbocycles. The number of quaternary nitrogens is 1. The molecule has 0 radical (unpaired) electrons. The highest BCUT2D eigenvalue weighted by Gasteiger charge is 2.34. The number of fused-ring (bicyclic) bond motifs is 1. The van der Waals surface area contributed by atoms with E-state index in [0.717, 1.165) is 0 Å². The van der Waals surface area contributed by atoms with Crippen LogP contribution in [0.5, 0.6) is 0 Å². The topological polar surface area (TPSA) is 119 Å². The average Bonchev–Trinajstić information content (AvgIpc) is 2.64. The van der Waals surface area contributed by atoms with Gasteiger partial charge >= 0.3 is 0 Å². The van der Waals surface area contributed by atoms with E-state index in [0.29, 0.717) is 18.6 Å². The Kier molecular flexibility index (Phi) is 2.15. The molecule has 3 N–H and O–H groups in total. The zero-order valence-electron chi connectivity index (χ0n) is 7.04. The van der Waals surface area contributed by atoms with Gasteiger partial charge in [-0.1, -0.05) is 5.16 Å². The first-order chi connectivity index (χ1) is 6.74. The van der Waals surface area contributed by atoms with Crippen molar-refractivity contribution in [3.63, 3.8) is 0 Å². The second-order valence-corrected chi connectivity index (χ2v) is 2.97. The Labute approximate surface area is 77.9 Å². The lowest BCUT2D eigenvalue weighted by atomic mass is 9.95. The Morgan fingerprint density at radius 1 is 1.57 bits per heavy atom. The Balaban J connectivity index is 2.42. The largest absolute Gasteiger partial charge is 0.600 e. The van der Waals surface area contributed by atoms with E-state index < -0.39 is 11.3 Å². The van der Waals surface area contributed by atoms with Crippen molar-refractivity contribution in [1.29, 1.82) is 0 Å². The van der Waals surface area contributed by atoms with Crippen LogP contribution in [0.3, 0.4) is 0 Å². The van der Waals surface area contributed by atoms with E-state index in [2.05, 4.69) is 20.1 Å². The standard InChI is InChI=1S/C6H8N4O4/c11-7-3-1-2-4(10(12)13)6-5(3)8-14-9-6/h4,10-12H,1-2H2/b7-3+. The molecular weight excluding hydrogens is 192 g/mol. The number of hydrogen-bond acceptors (Lipinski definition) is 7. The lowest BCUT2D eigenvalue weighted by Crippen LogP contribution is -3.05. The highest BCUT2D eigenvalue weighted by molar-refractivity contribution is 6.00. The number of aromatic nitrogens is 2. The lowest BCUT2D eigenvalue weighted by Gasteiger charge is -2.25. The molecule has 14 heavy (non-hydrogen) atoms. The Hall–Kier alpha value is -1.51. The Morgan fingerprint density at radius 2 is 2.36 bits per heavy atom. The smallest absolute Gasteiger partial charge is 0.174 e. The van der Waals surface area contributed by atoms with Crippen LogP contribution in [0.2, 0.25) is 0 Å². The molecule has 1 heterocycles. The van der Waals surface area contributed by atoms with E-state index in [1.165, 1.54) is 0 Å². The predicted molar refractivity (Wildman–Crippen MR) is 40.7 cm³/mol. The predicted octanol–water partition coefficient (Wildman–Crippen LogP) is -1.15. The van der Waals surface area contributed by atoms with Crippen LogP contribution in [-0.4, -0.2) is 26.4 Å². The van der Waals surface area contributed by atoms with E-state index in [1.54, 1.807) is 0 Å². The van der Waals surface area contributed by atoms with Crippen LogP contribution >= 0.6 is 0 Å². The third-order valence-corrected chi connectivity index (χ3v) is 2.21. The number of hydroxylamine groups is 2. The summed E-state index contributed by atoms with van der Waals surface area (Å²) in [4.78, 5) is 0. The maximum absolute atomic E-state index is 10.8. The summed E-state index contributed by atoms with van der Waals surface area (Å²) in [6, 6.07) is -0.721. The van der Waals surface area contributed by atoms with Crippen molar-refractivity contribution < 1.29 is 20.3 Å². The number of nitrogens with zero attached hydrogens (tertiary/aromatic N) is 3. The van der Waals surface area contributed by atoms with Gasteiger partial charge in [-0.15, -0.1) is 0 Å². The van der Waals surface area contributed by atoms with Crippen molar-refractivity contribution in [3.05, 3.63) is 16.6 Å². The van der Waals surface area contributed by atoms with Crippen molar-refractivity contribution in [1.82, 2.24) is 10.3 Å². The van der Waals surface area contributed by atoms with Gasteiger partial charge in [0.25, 0.3) is 0 Å². The first kappa shape index (κ1) is 9.06. The second-order valence-electron chi connectivity index (χ2n) is 2.97. The molecule has 2 atom stereocenters. The lowest BCUT2D eigenvalue weighted by molar-refractivity contribution is -1.07. The zero-order chi connectivity index (χ0) is 10.1. The van der Waals surface area contributed by atoms with Gasteiger partial charge in [0.2, 0.25) is 0 Å². The van der Waals surface area contributed by atoms with Gasteiger partial charge in [0, 0.05) is 12.8 Å². The molecule has 8 nitrogen and oxygen atoms in total. The molecule has 1 aliphatic rings. The molecule has 1 aromatic heterocycles. The van der Waals surface area contributed by atoms with Crippen LogP contribution in [-0.2, 0) is 0 Å². The number of oxime groups is 1. The highest BCUT2D eigenvalue weighted by atomic mass is 16.8. The number of hydrogen-bond donors (Lipinski definition) is 3. The summed E-state index contributed by atoms with van der Waals surface area (Å²) in [7, 11) is 0. The van der Waals surface area contributed by atoms with Gasteiger partial charge in [-0.05, 0) is 10.3 Å². The Bertz CT molecular complexity index is 360. The van der Waals surface area contributed by atoms with Crippen molar-refractivity contribution in [2.45, 2.75) is 18.9 Å². The molecule has 0 fully saturated rings. The third kappa shape index (κ3) is 1.25. The monoisotopic (exact) mass is 200 g/mol. The number of nitrogens with one attached hydrogen (secondary N) is 1. The van der Waals surface area contributed by atoms with Gasteiger partial charge in [0.15, 0.2) is 17.4 Å². The second kappa shape index (κ2) is 3.33. The molecule has 76 valence electrons. The van der Waals surface area contributed by atoms with E-state index in [4.69, 9.17) is 10.4 Å². The summed E-state index contributed by atoms with van der Waals surface area (Å²) < 4.78 is 4.42. The van der Waals surface area contributed by atoms with Gasteiger partial charge in [-0.2, -0.15) is 0 Å². The van der Waals surface area contributed by atoms with Crippen LogP contribution in [0.1, 0.15) is 30.3 Å². The fourth-order valence-electron chi connectivity index (χ4n) is 1.50. The van der Waals surface area contributed by atoms with Crippen molar-refractivity contribution in [3.8, 4) is 0 Å². The van der Waals surface area contributed by atoms with Crippen molar-refractivity contribution >= 4 is 5.71 Å². The van der Waals surface area contributed by atoms with Crippen LogP contribution in [0, 0.1) is 5.21 Å². The molecule has 8 heteroatoms. The Morgan fingerprint density at radius 3 is 3.00 bits per heavy atom. The SMILES string of the molecule is [O-][NH+](O)C1CC/C(=N\O)c2nonc21. The highest BCUT2D eigenvalue weighted by Crippen LogP contribution is 2.24. The van der Waals surface area contributed by atoms with Crippen molar-refractivity contribution in [2.75, 3.05) is 0 Å². The van der Waals surface area contributed by atoms with E-state index in [9.17, 15) is 5.21 Å². The maximum atomic E-state index is 10.8. The third-order valence-electron chi connectivity index (χ3n) is 2.21. The zero-order valence-corrected chi connectivity index (χ0v) is 7.04. The summed E-state index contributed by atoms with van der Waals surface area (Å²) in [5.41, 5.74) is 0.793.